The minimum Gasteiger partial charge on any atom is -0.465 e. The molecule has 0 aliphatic rings. The second-order valence-corrected chi connectivity index (χ2v) is 5.41. The van der Waals surface area contributed by atoms with Gasteiger partial charge >= 0.3 is 5.97 Å². The van der Waals surface area contributed by atoms with Crippen LogP contribution in [0.2, 0.25) is 0 Å². The molecule has 0 saturated carbocycles. The summed E-state index contributed by atoms with van der Waals surface area (Å²) in [4.78, 5) is 28.7. The largest absolute Gasteiger partial charge is 0.465 e. The quantitative estimate of drug-likeness (QED) is 0.688. The lowest BCUT2D eigenvalue weighted by molar-refractivity contribution is 0.0602. The van der Waals surface area contributed by atoms with Crippen molar-refractivity contribution >= 4 is 22.5 Å². The van der Waals surface area contributed by atoms with E-state index in [0.717, 1.165) is 12.8 Å². The highest BCUT2D eigenvalue weighted by Gasteiger charge is 2.20. The van der Waals surface area contributed by atoms with Crippen LogP contribution in [0.1, 0.15) is 35.8 Å². The molecule has 0 aromatic carbocycles. The highest BCUT2D eigenvalue weighted by molar-refractivity contribution is 5.98. The van der Waals surface area contributed by atoms with Crippen LogP contribution in [0.15, 0.2) is 23.3 Å². The summed E-state index contributed by atoms with van der Waals surface area (Å²) in [5.74, 6) is -0.486. The molecule has 120 valence electrons. The maximum absolute atomic E-state index is 12.5. The van der Waals surface area contributed by atoms with Crippen molar-refractivity contribution < 1.29 is 9.53 Å². The number of carbonyl (C=O) groups excluding carboxylic acids is 1. The molecule has 23 heavy (non-hydrogen) atoms. The Balaban J connectivity index is 2.27. The summed E-state index contributed by atoms with van der Waals surface area (Å²) in [6, 6.07) is 1.83. The number of nitrogens with zero attached hydrogens (tertiary/aromatic N) is 4. The Morgan fingerprint density at radius 2 is 2.17 bits per heavy atom. The predicted octanol–water partition coefficient (Wildman–Crippen LogP) is 1.94. The summed E-state index contributed by atoms with van der Waals surface area (Å²) in [6.07, 6.45) is 5.22. The third-order valence-corrected chi connectivity index (χ3v) is 3.90. The van der Waals surface area contributed by atoms with Crippen molar-refractivity contribution in [2.75, 3.05) is 7.11 Å². The molecule has 3 aromatic rings. The molecule has 3 rings (SSSR count). The Morgan fingerprint density at radius 1 is 1.39 bits per heavy atom. The summed E-state index contributed by atoms with van der Waals surface area (Å²) in [5, 5.41) is 4.83. The fourth-order valence-corrected chi connectivity index (χ4v) is 2.66. The van der Waals surface area contributed by atoms with Gasteiger partial charge in [-0.3, -0.25) is 4.79 Å². The van der Waals surface area contributed by atoms with Crippen molar-refractivity contribution in [2.24, 2.45) is 0 Å². The van der Waals surface area contributed by atoms with E-state index in [1.807, 2.05) is 6.07 Å². The first-order chi connectivity index (χ1) is 11.1. The summed E-state index contributed by atoms with van der Waals surface area (Å²) < 4.78 is 7.99. The monoisotopic (exact) mass is 314 g/mol. The molecule has 0 fully saturated rings. The van der Waals surface area contributed by atoms with Crippen molar-refractivity contribution in [3.8, 4) is 0 Å². The van der Waals surface area contributed by atoms with Crippen LogP contribution in [-0.4, -0.2) is 32.2 Å². The molecule has 0 spiro atoms. The van der Waals surface area contributed by atoms with Gasteiger partial charge in [0.2, 0.25) is 0 Å². The summed E-state index contributed by atoms with van der Waals surface area (Å²) in [5.41, 5.74) is 1.77. The van der Waals surface area contributed by atoms with Gasteiger partial charge in [-0.25, -0.2) is 14.3 Å². The standard InChI is InChI=1S/C16H18N4O3/c1-4-5-7-19-8-6-12-11(15(19)21)9-17-14-13(16(22)23-3)10(2)18-20(12)14/h6,8-9H,4-5,7H2,1-3H3. The van der Waals surface area contributed by atoms with Crippen molar-refractivity contribution in [1.29, 1.82) is 0 Å². The van der Waals surface area contributed by atoms with Crippen molar-refractivity contribution in [1.82, 2.24) is 19.2 Å². The molecule has 7 nitrogen and oxygen atoms in total. The Bertz CT molecular complexity index is 955. The van der Waals surface area contributed by atoms with E-state index in [-0.39, 0.29) is 5.56 Å². The van der Waals surface area contributed by atoms with Crippen LogP contribution in [0.3, 0.4) is 0 Å². The zero-order valence-electron chi connectivity index (χ0n) is 13.4. The van der Waals surface area contributed by atoms with E-state index >= 15 is 0 Å². The van der Waals surface area contributed by atoms with E-state index in [9.17, 15) is 9.59 Å². The molecule has 3 heterocycles. The molecular weight excluding hydrogens is 296 g/mol. The number of unbranched alkanes of at least 4 members (excludes halogenated alkanes) is 1. The van der Waals surface area contributed by atoms with Gasteiger partial charge in [-0.05, 0) is 19.4 Å². The van der Waals surface area contributed by atoms with Crippen LogP contribution in [0.4, 0.5) is 0 Å². The molecule has 0 bridgehead atoms. The fraction of sp³-hybridized carbons (Fsp3) is 0.375. The van der Waals surface area contributed by atoms with Crippen molar-refractivity contribution in [3.05, 3.63) is 40.1 Å². The maximum Gasteiger partial charge on any atom is 0.343 e. The number of ether oxygens (including phenoxy) is 1. The van der Waals surface area contributed by atoms with E-state index in [1.54, 1.807) is 17.7 Å². The smallest absolute Gasteiger partial charge is 0.343 e. The molecule has 3 aromatic heterocycles. The van der Waals surface area contributed by atoms with E-state index in [2.05, 4.69) is 17.0 Å². The lowest BCUT2D eigenvalue weighted by atomic mass is 10.2. The fourth-order valence-electron chi connectivity index (χ4n) is 2.66. The van der Waals surface area contributed by atoms with Gasteiger partial charge in [0.15, 0.2) is 5.65 Å². The van der Waals surface area contributed by atoms with Crippen molar-refractivity contribution in [2.45, 2.75) is 33.2 Å². The minimum absolute atomic E-state index is 0.0990. The van der Waals surface area contributed by atoms with Gasteiger partial charge in [-0.2, -0.15) is 5.10 Å². The Labute approximate surface area is 132 Å². The van der Waals surface area contributed by atoms with Crippen LogP contribution < -0.4 is 5.56 Å². The number of aromatic nitrogens is 4. The first-order valence-corrected chi connectivity index (χ1v) is 7.54. The molecule has 0 aliphatic carbocycles. The second kappa shape index (κ2) is 5.83. The summed E-state index contributed by atoms with van der Waals surface area (Å²) in [6.45, 7) is 4.47. The molecular formula is C16H18N4O3. The number of methoxy groups -OCH3 is 1. The van der Waals surface area contributed by atoms with Crippen LogP contribution in [-0.2, 0) is 11.3 Å². The predicted molar refractivity (Wildman–Crippen MR) is 85.7 cm³/mol. The van der Waals surface area contributed by atoms with Gasteiger partial charge in [0.05, 0.1) is 23.7 Å². The summed E-state index contributed by atoms with van der Waals surface area (Å²) in [7, 11) is 1.32. The van der Waals surface area contributed by atoms with Crippen LogP contribution in [0, 0.1) is 6.92 Å². The molecule has 0 aliphatic heterocycles. The van der Waals surface area contributed by atoms with Gasteiger partial charge in [-0.15, -0.1) is 0 Å². The average molecular weight is 314 g/mol. The Hall–Kier alpha value is -2.70. The molecule has 0 radical (unpaired) electrons. The van der Waals surface area contributed by atoms with Crippen LogP contribution >= 0.6 is 0 Å². The Morgan fingerprint density at radius 3 is 2.87 bits per heavy atom. The van der Waals surface area contributed by atoms with Gasteiger partial charge in [0, 0.05) is 18.9 Å². The number of fused-ring (bicyclic) bond motifs is 3. The third-order valence-electron chi connectivity index (χ3n) is 3.90. The number of hydrogen-bond donors (Lipinski definition) is 0. The summed E-state index contributed by atoms with van der Waals surface area (Å²) >= 11 is 0. The second-order valence-electron chi connectivity index (χ2n) is 5.41. The molecule has 0 amide bonds. The highest BCUT2D eigenvalue weighted by atomic mass is 16.5. The normalized spacial score (nSPS) is 11.3. The maximum atomic E-state index is 12.5. The van der Waals surface area contributed by atoms with Crippen molar-refractivity contribution in [3.63, 3.8) is 0 Å². The van der Waals surface area contributed by atoms with Gasteiger partial charge in [0.25, 0.3) is 5.56 Å². The van der Waals surface area contributed by atoms with Crippen LogP contribution in [0.5, 0.6) is 0 Å². The number of aryl methyl sites for hydroxylation is 2. The molecule has 0 N–H and O–H groups in total. The van der Waals surface area contributed by atoms with E-state index < -0.39 is 5.97 Å². The minimum atomic E-state index is -0.486. The average Bonchev–Trinajstić information content (AvgIpc) is 2.89. The molecule has 0 atom stereocenters. The first kappa shape index (κ1) is 15.2. The molecule has 0 saturated heterocycles. The van der Waals surface area contributed by atoms with Crippen LogP contribution in [0.25, 0.3) is 16.6 Å². The molecule has 7 heteroatoms. The SMILES string of the molecule is CCCCn1ccc2c(cnc3c(C(=O)OC)c(C)nn32)c1=O. The van der Waals surface area contributed by atoms with E-state index in [0.29, 0.717) is 34.4 Å². The number of hydrogen-bond acceptors (Lipinski definition) is 5. The van der Waals surface area contributed by atoms with Gasteiger partial charge < -0.3 is 9.30 Å². The zero-order valence-corrected chi connectivity index (χ0v) is 13.4. The van der Waals surface area contributed by atoms with E-state index in [1.165, 1.54) is 17.8 Å². The van der Waals surface area contributed by atoms with Gasteiger partial charge in [0.1, 0.15) is 5.56 Å². The molecule has 0 unspecified atom stereocenters. The van der Waals surface area contributed by atoms with E-state index in [4.69, 9.17) is 4.74 Å². The number of esters is 1. The van der Waals surface area contributed by atoms with Gasteiger partial charge in [-0.1, -0.05) is 13.3 Å². The number of rotatable bonds is 4. The lowest BCUT2D eigenvalue weighted by Crippen LogP contribution is -2.20. The topological polar surface area (TPSA) is 78.5 Å². The first-order valence-electron chi connectivity index (χ1n) is 7.54. The number of carbonyl (C=O) groups is 1. The lowest BCUT2D eigenvalue weighted by Gasteiger charge is -2.07. The number of pyridine rings is 1. The highest BCUT2D eigenvalue weighted by Crippen LogP contribution is 2.18. The zero-order chi connectivity index (χ0) is 16.6. The third kappa shape index (κ3) is 2.38. The Kier molecular flexibility index (Phi) is 3.85.